The van der Waals surface area contributed by atoms with E-state index in [1.807, 2.05) is 72.8 Å². The zero-order valence-electron chi connectivity index (χ0n) is 61.0. The molecule has 524 valence electrons. The quantitative estimate of drug-likeness (QED) is 0.100. The highest BCUT2D eigenvalue weighted by Gasteiger charge is 2.20. The molecule has 7 heteroatoms. The van der Waals surface area contributed by atoms with Crippen molar-refractivity contribution in [2.45, 2.75) is 0 Å². The number of para-hydroxylation sites is 2. The van der Waals surface area contributed by atoms with Crippen LogP contribution in [-0.2, 0) is 0 Å². The van der Waals surface area contributed by atoms with Gasteiger partial charge in [0.05, 0.1) is 56.6 Å². The Hall–Kier alpha value is -15.1. The normalized spacial score (nSPS) is 11.2. The van der Waals surface area contributed by atoms with E-state index in [4.69, 9.17) is 24.9 Å². The topological polar surface area (TPSA) is 90.2 Å². The van der Waals surface area contributed by atoms with Crippen LogP contribution in [0, 0.1) is 0 Å². The highest BCUT2D eigenvalue weighted by Crippen LogP contribution is 2.44. The van der Waals surface area contributed by atoms with Crippen LogP contribution in [0.25, 0.3) is 200 Å². The Morgan fingerprint density at radius 2 is 0.464 bits per heavy atom. The second kappa shape index (κ2) is 30.3. The molecule has 0 N–H and O–H groups in total. The van der Waals surface area contributed by atoms with Gasteiger partial charge in [0, 0.05) is 72.5 Å². The van der Waals surface area contributed by atoms with Crippen LogP contribution in [0.5, 0.6) is 0 Å². The third kappa shape index (κ3) is 13.7. The van der Waals surface area contributed by atoms with E-state index in [0.717, 1.165) is 150 Å². The summed E-state index contributed by atoms with van der Waals surface area (Å²) in [6, 6.07) is 143. The maximum atomic E-state index is 5.25. The fourth-order valence-corrected chi connectivity index (χ4v) is 15.3. The van der Waals surface area contributed by atoms with E-state index in [2.05, 4.69) is 344 Å². The number of pyridine rings is 5. The van der Waals surface area contributed by atoms with Crippen LogP contribution in [0.1, 0.15) is 0 Å². The largest absolute Gasteiger partial charge is 0.255 e. The number of rotatable bonds is 14. The van der Waals surface area contributed by atoms with Crippen molar-refractivity contribution >= 4 is 43.4 Å². The van der Waals surface area contributed by atoms with Crippen molar-refractivity contribution in [2.75, 3.05) is 0 Å². The first-order chi connectivity index (χ1) is 55.5. The summed E-state index contributed by atoms with van der Waals surface area (Å²) in [5.41, 5.74) is 30.5. The van der Waals surface area contributed by atoms with Crippen LogP contribution in [0.4, 0.5) is 0 Å². The van der Waals surface area contributed by atoms with Gasteiger partial charge in [-0.25, -0.2) is 24.9 Å². The summed E-state index contributed by atoms with van der Waals surface area (Å²) in [7, 11) is 0. The smallest absolute Gasteiger partial charge is 0.160 e. The van der Waals surface area contributed by atoms with Crippen molar-refractivity contribution in [1.29, 1.82) is 0 Å². The monoisotopic (exact) mass is 1430 g/mol. The Morgan fingerprint density at radius 1 is 0.152 bits per heavy atom. The molecule has 0 radical (unpaired) electrons. The van der Waals surface area contributed by atoms with Crippen molar-refractivity contribution in [2.24, 2.45) is 0 Å². The van der Waals surface area contributed by atoms with E-state index in [1.54, 1.807) is 12.4 Å². The number of fused-ring (bicyclic) bond motifs is 6. The highest BCUT2D eigenvalue weighted by molar-refractivity contribution is 6.18. The van der Waals surface area contributed by atoms with Gasteiger partial charge < -0.3 is 0 Å². The molecule has 7 nitrogen and oxygen atoms in total. The van der Waals surface area contributed by atoms with Crippen molar-refractivity contribution in [1.82, 2.24) is 34.9 Å². The molecule has 0 aliphatic carbocycles. The Balaban J connectivity index is 0.000000151. The number of aromatic nitrogens is 7. The maximum absolute atomic E-state index is 5.25. The molecular weight excluding hydrogens is 1360 g/mol. The minimum atomic E-state index is 0.712. The molecule has 20 rings (SSSR count). The number of hydrogen-bond donors (Lipinski definition) is 0. The molecule has 6 heterocycles. The summed E-state index contributed by atoms with van der Waals surface area (Å²) in [5.74, 6) is 0.712. The molecule has 112 heavy (non-hydrogen) atoms. The maximum Gasteiger partial charge on any atom is 0.160 e. The minimum Gasteiger partial charge on any atom is -0.255 e. The van der Waals surface area contributed by atoms with Crippen LogP contribution in [0.15, 0.2) is 419 Å². The highest BCUT2D eigenvalue weighted by atomic mass is 14.9. The number of hydrogen-bond acceptors (Lipinski definition) is 7. The van der Waals surface area contributed by atoms with E-state index < -0.39 is 0 Å². The van der Waals surface area contributed by atoms with Gasteiger partial charge in [-0.3, -0.25) is 9.97 Å². The van der Waals surface area contributed by atoms with Crippen LogP contribution in [-0.4, -0.2) is 34.9 Å². The Morgan fingerprint density at radius 3 is 0.893 bits per heavy atom. The molecule has 0 aliphatic heterocycles. The van der Waals surface area contributed by atoms with Gasteiger partial charge in [0.2, 0.25) is 0 Å². The molecule has 6 aromatic heterocycles. The predicted octanol–water partition coefficient (Wildman–Crippen LogP) is 27.1. The van der Waals surface area contributed by atoms with E-state index in [0.29, 0.717) is 5.82 Å². The first kappa shape index (κ1) is 67.5. The molecule has 0 bridgehead atoms. The fraction of sp³-hybridized carbons (Fsp3) is 0. The van der Waals surface area contributed by atoms with Gasteiger partial charge >= 0.3 is 0 Å². The van der Waals surface area contributed by atoms with Crippen LogP contribution < -0.4 is 0 Å². The number of nitrogens with zero attached hydrogens (tertiary/aromatic N) is 7. The van der Waals surface area contributed by atoms with Crippen LogP contribution in [0.3, 0.4) is 0 Å². The summed E-state index contributed by atoms with van der Waals surface area (Å²) < 4.78 is 0. The van der Waals surface area contributed by atoms with Crippen molar-refractivity contribution in [3.05, 3.63) is 419 Å². The SMILES string of the molecule is c1ccc(-c2ccc(-c3nc4ccccc4c4c(-c5cccc(-c6ccc(-c7cc(-c8ccccc8)nc(-c8ccccc8)n7)cc6)c5)cccc34)cc2)cc1.c1ccc(-c2ccc(-c3nc4ccccc4c4c(-c5cccc(-c6ccc(-c7cc(-c8ccccn8)nc(-c8ccccn8)c7)cc6)c5)cccc34)cc2)cc1. The summed E-state index contributed by atoms with van der Waals surface area (Å²) >= 11 is 0. The Bertz CT molecular complexity index is 6260. The average molecular weight is 1430 g/mol. The molecule has 0 spiro atoms. The average Bonchev–Trinajstić information content (AvgIpc) is 0.747. The van der Waals surface area contributed by atoms with E-state index >= 15 is 0 Å². The lowest BCUT2D eigenvalue weighted by molar-refractivity contribution is 1.18. The van der Waals surface area contributed by atoms with Crippen molar-refractivity contribution < 1.29 is 0 Å². The van der Waals surface area contributed by atoms with E-state index in [-0.39, 0.29) is 0 Å². The summed E-state index contributed by atoms with van der Waals surface area (Å²) in [6.07, 6.45) is 3.60. The lowest BCUT2D eigenvalue weighted by atomic mass is 9.91. The predicted molar refractivity (Wildman–Crippen MR) is 464 cm³/mol. The van der Waals surface area contributed by atoms with Crippen molar-refractivity contribution in [3.8, 4) is 157 Å². The summed E-state index contributed by atoms with van der Waals surface area (Å²) in [6.45, 7) is 0. The lowest BCUT2D eigenvalue weighted by Crippen LogP contribution is -1.95. The molecule has 0 aliphatic rings. The standard InChI is InChI=1S/C53H35N3.C52H34N4/c1-4-14-36(15-5-1)37-28-32-41(33-29-37)52-47-24-13-23-45(51(47)46-22-10-11-25-48(46)54-52)44-21-12-20-43(34-44)38-26-30-40(31-27-38)50-35-49(39-16-6-2-7-17-39)55-53(56-50)42-18-8-3-9-19-42;1-2-12-35(13-3-1)36-26-28-39(29-27-36)52-45-18-11-17-43(51(45)44-16-4-5-19-46(44)56-52)41-15-10-14-40(32-41)37-22-24-38(25-23-37)42-33-49(47-20-6-8-30-53-47)55-50(34-42)48-21-7-9-31-54-48/h1-35H;1-34H. The second-order valence-electron chi connectivity index (χ2n) is 27.9. The zero-order chi connectivity index (χ0) is 74.5. The molecule has 0 saturated carbocycles. The van der Waals surface area contributed by atoms with Gasteiger partial charge in [0.15, 0.2) is 5.82 Å². The van der Waals surface area contributed by atoms with Gasteiger partial charge in [0.25, 0.3) is 0 Å². The molecule has 0 unspecified atom stereocenters. The third-order valence-electron chi connectivity index (χ3n) is 20.9. The zero-order valence-corrected chi connectivity index (χ0v) is 61.0. The van der Waals surface area contributed by atoms with Gasteiger partial charge in [-0.2, -0.15) is 0 Å². The van der Waals surface area contributed by atoms with E-state index in [9.17, 15) is 0 Å². The molecular formula is C105H69N7. The van der Waals surface area contributed by atoms with Crippen molar-refractivity contribution in [3.63, 3.8) is 0 Å². The van der Waals surface area contributed by atoms with Gasteiger partial charge in [-0.15, -0.1) is 0 Å². The Kier molecular flexibility index (Phi) is 18.3. The first-order valence-electron chi connectivity index (χ1n) is 37.7. The summed E-state index contributed by atoms with van der Waals surface area (Å²) in [5, 5.41) is 6.98. The molecule has 0 amide bonds. The van der Waals surface area contributed by atoms with Gasteiger partial charge in [0.1, 0.15) is 0 Å². The molecule has 14 aromatic carbocycles. The fourth-order valence-electron chi connectivity index (χ4n) is 15.3. The first-order valence-corrected chi connectivity index (χ1v) is 37.7. The van der Waals surface area contributed by atoms with E-state index in [1.165, 1.54) is 44.2 Å². The third-order valence-corrected chi connectivity index (χ3v) is 20.9. The minimum absolute atomic E-state index is 0.712. The summed E-state index contributed by atoms with van der Waals surface area (Å²) in [4.78, 5) is 34.6. The number of benzene rings is 14. The van der Waals surface area contributed by atoms with Crippen LogP contribution >= 0.6 is 0 Å². The molecule has 0 fully saturated rings. The molecule has 20 aromatic rings. The second-order valence-corrected chi connectivity index (χ2v) is 27.9. The van der Waals surface area contributed by atoms with Gasteiger partial charge in [-0.1, -0.05) is 340 Å². The lowest BCUT2D eigenvalue weighted by Gasteiger charge is -2.15. The molecule has 0 saturated heterocycles. The van der Waals surface area contributed by atoms with Crippen LogP contribution in [0.2, 0.25) is 0 Å². The van der Waals surface area contributed by atoms with Gasteiger partial charge in [-0.05, 0) is 145 Å². The Labute approximate surface area is 650 Å². The molecule has 0 atom stereocenters.